The normalized spacial score (nSPS) is 28.4. The monoisotopic (exact) mass is 347 g/mol. The minimum Gasteiger partial charge on any atom is -0.481 e. The van der Waals surface area contributed by atoms with E-state index in [9.17, 15) is 14.4 Å². The first-order valence-electron chi connectivity index (χ1n) is 7.29. The van der Waals surface area contributed by atoms with Crippen LogP contribution >= 0.6 is 24.4 Å². The fraction of sp³-hybridized carbons (Fsp3) is 0.769. The number of imide groups is 1. The lowest BCUT2D eigenvalue weighted by molar-refractivity contribution is -0.137. The van der Waals surface area contributed by atoms with Gasteiger partial charge in [0.15, 0.2) is 0 Å². The summed E-state index contributed by atoms with van der Waals surface area (Å²) in [4.78, 5) is 36.1. The first-order chi connectivity index (χ1) is 10.5. The van der Waals surface area contributed by atoms with Gasteiger partial charge in [0.25, 0.3) is 0 Å². The standard InChI is InChI=1S/C13H21N3O4S2/c14-7(5-21)12(19)16-11-8(15-13(16)20)6-22-9(11)3-1-2-4-10(17)18/h7-9,11,21H,1-6,14H2,(H,15,20)(H,17,18)/t7-,8-,9-,11-/m0/s1. The molecule has 2 heterocycles. The number of amides is 3. The van der Waals surface area contributed by atoms with E-state index in [2.05, 4.69) is 17.9 Å². The number of thiol groups is 1. The third kappa shape index (κ3) is 3.69. The van der Waals surface area contributed by atoms with Crippen LogP contribution in [-0.2, 0) is 9.59 Å². The predicted molar refractivity (Wildman–Crippen MR) is 87.1 cm³/mol. The minimum absolute atomic E-state index is 0.0435. The topological polar surface area (TPSA) is 113 Å². The maximum Gasteiger partial charge on any atom is 0.324 e. The molecule has 0 saturated carbocycles. The van der Waals surface area contributed by atoms with Gasteiger partial charge in [-0.1, -0.05) is 6.42 Å². The van der Waals surface area contributed by atoms with Crippen LogP contribution in [0.5, 0.6) is 0 Å². The Morgan fingerprint density at radius 3 is 2.86 bits per heavy atom. The van der Waals surface area contributed by atoms with Gasteiger partial charge < -0.3 is 16.2 Å². The second-order valence-electron chi connectivity index (χ2n) is 5.56. The number of thioether (sulfide) groups is 1. The van der Waals surface area contributed by atoms with Crippen LogP contribution in [0.25, 0.3) is 0 Å². The lowest BCUT2D eigenvalue weighted by atomic mass is 10.0. The van der Waals surface area contributed by atoms with E-state index in [1.807, 2.05) is 0 Å². The zero-order valence-corrected chi connectivity index (χ0v) is 13.8. The summed E-state index contributed by atoms with van der Waals surface area (Å²) in [6, 6.07) is -1.40. The van der Waals surface area contributed by atoms with E-state index < -0.39 is 17.9 Å². The number of unbranched alkanes of at least 4 members (excludes halogenated alkanes) is 1. The first-order valence-corrected chi connectivity index (χ1v) is 8.97. The van der Waals surface area contributed by atoms with Gasteiger partial charge in [0.05, 0.1) is 18.1 Å². The lowest BCUT2D eigenvalue weighted by Crippen LogP contribution is -2.51. The average Bonchev–Trinajstić information content (AvgIpc) is 3.00. The van der Waals surface area contributed by atoms with Crippen molar-refractivity contribution in [2.75, 3.05) is 11.5 Å². The number of hydrogen-bond acceptors (Lipinski definition) is 6. The number of carbonyl (C=O) groups excluding carboxylic acids is 2. The molecular formula is C13H21N3O4S2. The van der Waals surface area contributed by atoms with Gasteiger partial charge in [-0.25, -0.2) is 4.79 Å². The molecule has 9 heteroatoms. The van der Waals surface area contributed by atoms with Gasteiger partial charge in [-0.2, -0.15) is 24.4 Å². The third-order valence-corrected chi connectivity index (χ3v) is 5.88. The second-order valence-corrected chi connectivity index (χ2v) is 7.19. The van der Waals surface area contributed by atoms with Crippen LogP contribution in [0.1, 0.15) is 25.7 Å². The van der Waals surface area contributed by atoms with E-state index >= 15 is 0 Å². The van der Waals surface area contributed by atoms with E-state index in [4.69, 9.17) is 10.8 Å². The Bertz CT molecular complexity index is 463. The molecule has 22 heavy (non-hydrogen) atoms. The molecule has 0 aliphatic carbocycles. The first kappa shape index (κ1) is 17.4. The highest BCUT2D eigenvalue weighted by Gasteiger charge is 2.51. The Kier molecular flexibility index (Phi) is 5.99. The molecule has 2 aliphatic rings. The smallest absolute Gasteiger partial charge is 0.324 e. The van der Waals surface area contributed by atoms with E-state index in [0.717, 1.165) is 18.6 Å². The number of carbonyl (C=O) groups is 3. The maximum atomic E-state index is 12.3. The summed E-state index contributed by atoms with van der Waals surface area (Å²) in [5, 5.41) is 11.6. The van der Waals surface area contributed by atoms with Gasteiger partial charge in [0, 0.05) is 23.2 Å². The Hall–Kier alpha value is -0.930. The molecular weight excluding hydrogens is 326 g/mol. The molecule has 2 fully saturated rings. The van der Waals surface area contributed by atoms with Crippen molar-refractivity contribution in [2.24, 2.45) is 5.73 Å². The summed E-state index contributed by atoms with van der Waals surface area (Å²) in [6.45, 7) is 0. The largest absolute Gasteiger partial charge is 0.481 e. The Morgan fingerprint density at radius 1 is 1.50 bits per heavy atom. The Morgan fingerprint density at radius 2 is 2.23 bits per heavy atom. The number of nitrogens with two attached hydrogens (primary N) is 1. The van der Waals surface area contributed by atoms with Crippen LogP contribution in [0.2, 0.25) is 0 Å². The van der Waals surface area contributed by atoms with Gasteiger partial charge in [-0.05, 0) is 12.8 Å². The minimum atomic E-state index is -0.800. The van der Waals surface area contributed by atoms with Crippen LogP contribution in [0.15, 0.2) is 0 Å². The number of urea groups is 1. The molecule has 0 bridgehead atoms. The van der Waals surface area contributed by atoms with E-state index in [1.165, 1.54) is 4.90 Å². The number of hydrogen-bond donors (Lipinski definition) is 4. The van der Waals surface area contributed by atoms with Gasteiger partial charge in [0.1, 0.15) is 0 Å². The Balaban J connectivity index is 1.98. The predicted octanol–water partition coefficient (Wildman–Crippen LogP) is 0.293. The quantitative estimate of drug-likeness (QED) is 0.299. The molecule has 2 saturated heterocycles. The number of fused-ring (bicyclic) bond motifs is 1. The van der Waals surface area contributed by atoms with Crippen molar-refractivity contribution in [1.82, 2.24) is 10.2 Å². The highest BCUT2D eigenvalue weighted by molar-refractivity contribution is 8.00. The molecule has 3 amide bonds. The summed E-state index contributed by atoms with van der Waals surface area (Å²) in [5.41, 5.74) is 5.72. The van der Waals surface area contributed by atoms with Crippen LogP contribution in [0.3, 0.4) is 0 Å². The number of aliphatic carboxylic acids is 1. The Labute approximate surface area is 138 Å². The van der Waals surface area contributed by atoms with Crippen molar-refractivity contribution in [3.05, 3.63) is 0 Å². The van der Waals surface area contributed by atoms with Crippen molar-refractivity contribution >= 4 is 42.3 Å². The average molecular weight is 347 g/mol. The van der Waals surface area contributed by atoms with Crippen LogP contribution in [0, 0.1) is 0 Å². The van der Waals surface area contributed by atoms with Gasteiger partial charge in [-0.15, -0.1) is 0 Å². The van der Waals surface area contributed by atoms with Crippen LogP contribution in [-0.4, -0.2) is 62.8 Å². The van der Waals surface area contributed by atoms with Gasteiger partial charge in [-0.3, -0.25) is 14.5 Å². The number of carboxylic acid groups (broad SMARTS) is 1. The summed E-state index contributed by atoms with van der Waals surface area (Å²) in [6.07, 6.45) is 2.31. The number of nitrogens with one attached hydrogen (secondary N) is 1. The van der Waals surface area contributed by atoms with Crippen molar-refractivity contribution in [3.8, 4) is 0 Å². The zero-order chi connectivity index (χ0) is 16.3. The molecule has 7 nitrogen and oxygen atoms in total. The highest BCUT2D eigenvalue weighted by atomic mass is 32.2. The van der Waals surface area contributed by atoms with Crippen molar-refractivity contribution < 1.29 is 19.5 Å². The molecule has 0 aromatic heterocycles. The SMILES string of the molecule is N[C@@H](CS)C(=O)N1C(=O)N[C@H]2CS[C@@H](CCCCC(=O)O)[C@H]21. The summed E-state index contributed by atoms with van der Waals surface area (Å²) >= 11 is 5.74. The van der Waals surface area contributed by atoms with E-state index in [1.54, 1.807) is 11.8 Å². The molecule has 0 radical (unpaired) electrons. The molecule has 2 rings (SSSR count). The molecule has 4 N–H and O–H groups in total. The van der Waals surface area contributed by atoms with Crippen LogP contribution < -0.4 is 11.1 Å². The van der Waals surface area contributed by atoms with Gasteiger partial charge >= 0.3 is 12.0 Å². The summed E-state index contributed by atoms with van der Waals surface area (Å²) < 4.78 is 0. The zero-order valence-electron chi connectivity index (χ0n) is 12.1. The second kappa shape index (κ2) is 7.56. The molecule has 124 valence electrons. The molecule has 0 unspecified atom stereocenters. The number of rotatable bonds is 7. The van der Waals surface area contributed by atoms with E-state index in [0.29, 0.717) is 6.42 Å². The summed E-state index contributed by atoms with van der Waals surface area (Å²) in [7, 11) is 0. The fourth-order valence-corrected chi connectivity index (χ4v) is 4.63. The van der Waals surface area contributed by atoms with Crippen molar-refractivity contribution in [2.45, 2.75) is 49.1 Å². The lowest BCUT2D eigenvalue weighted by Gasteiger charge is -2.27. The van der Waals surface area contributed by atoms with E-state index in [-0.39, 0.29) is 35.5 Å². The molecule has 0 aromatic carbocycles. The molecule has 2 aliphatic heterocycles. The van der Waals surface area contributed by atoms with Crippen LogP contribution in [0.4, 0.5) is 4.79 Å². The molecule has 4 atom stereocenters. The summed E-state index contributed by atoms with van der Waals surface area (Å²) in [5.74, 6) is -0.236. The highest BCUT2D eigenvalue weighted by Crippen LogP contribution is 2.37. The van der Waals surface area contributed by atoms with Gasteiger partial charge in [0.2, 0.25) is 5.91 Å². The molecule has 0 aromatic rings. The number of carboxylic acids is 1. The van der Waals surface area contributed by atoms with Crippen molar-refractivity contribution in [3.63, 3.8) is 0 Å². The molecule has 0 spiro atoms. The fourth-order valence-electron chi connectivity index (χ4n) is 2.90. The maximum absolute atomic E-state index is 12.3. The van der Waals surface area contributed by atoms with Crippen molar-refractivity contribution in [1.29, 1.82) is 0 Å². The number of nitrogens with zero attached hydrogens (tertiary/aromatic N) is 1. The third-order valence-electron chi connectivity index (χ3n) is 3.99.